The van der Waals surface area contributed by atoms with Gasteiger partial charge in [0.05, 0.1) is 6.10 Å². The number of fused-ring (bicyclic) bond motifs is 2. The first-order chi connectivity index (χ1) is 20.2. The summed E-state index contributed by atoms with van der Waals surface area (Å²) in [6, 6.07) is -1.92. The van der Waals surface area contributed by atoms with Gasteiger partial charge in [-0.15, -0.1) is 11.8 Å². The number of anilines is 1. The number of nitrogens with two attached hydrogens (primary N) is 1. The van der Waals surface area contributed by atoms with Crippen LogP contribution in [-0.2, 0) is 30.6 Å². The van der Waals surface area contributed by atoms with Gasteiger partial charge in [0.1, 0.15) is 36.1 Å². The predicted octanol–water partition coefficient (Wildman–Crippen LogP) is -1.02. The highest BCUT2D eigenvalue weighted by Gasteiger charge is 2.55. The molecule has 5 heterocycles. The molecule has 3 aromatic heterocycles. The van der Waals surface area contributed by atoms with Crippen molar-refractivity contribution in [1.82, 2.24) is 29.3 Å². The minimum absolute atomic E-state index is 0.0223. The van der Waals surface area contributed by atoms with Gasteiger partial charge in [0.2, 0.25) is 22.8 Å². The minimum atomic E-state index is -1.34. The van der Waals surface area contributed by atoms with Crippen molar-refractivity contribution in [3.63, 3.8) is 0 Å². The number of thiazole rings is 1. The standard InChI is InChI=1S/C22H22FN9O7S3/c1-9(34)12(25-8-33)18-30(5-11-31(18)2-3-40-11)4-10-6-41-20-14(19(36)32(20)15(10)21(37)38)26-17(35)13(28-39-7-23)16-27-22(24)42-29-16/h2-3,5,8-9,12,14,20,34H,4,6-7H2,1H3,(H4-,24,25,26,27,29,33,35,37,38)/p+1/b28-13-/t9-,12-,14+,20+/m0/s1. The van der Waals surface area contributed by atoms with E-state index in [1.807, 2.05) is 5.38 Å². The third-order valence-corrected chi connectivity index (χ3v) is 9.11. The van der Waals surface area contributed by atoms with Gasteiger partial charge in [0, 0.05) is 28.2 Å². The molecule has 0 aliphatic carbocycles. The number of carbonyl (C=O) groups is 4. The summed E-state index contributed by atoms with van der Waals surface area (Å²) in [7, 11) is 0. The quantitative estimate of drug-likeness (QED) is 0.0530. The van der Waals surface area contributed by atoms with Gasteiger partial charge < -0.3 is 31.4 Å². The lowest BCUT2D eigenvalue weighted by atomic mass is 10.0. The zero-order valence-corrected chi connectivity index (χ0v) is 24.0. The van der Waals surface area contributed by atoms with Gasteiger partial charge in [-0.2, -0.15) is 13.8 Å². The van der Waals surface area contributed by atoms with E-state index in [9.17, 15) is 33.8 Å². The zero-order valence-electron chi connectivity index (χ0n) is 21.5. The van der Waals surface area contributed by atoms with Crippen molar-refractivity contribution in [2.45, 2.75) is 37.0 Å². The normalized spacial score (nSPS) is 20.1. The monoisotopic (exact) mass is 640 g/mol. The number of nitrogens with zero attached hydrogens (tertiary/aromatic N) is 6. The Morgan fingerprint density at radius 1 is 1.45 bits per heavy atom. The van der Waals surface area contributed by atoms with Gasteiger partial charge in [-0.05, 0) is 6.92 Å². The molecule has 6 N–H and O–H groups in total. The van der Waals surface area contributed by atoms with E-state index in [4.69, 9.17) is 5.73 Å². The smallest absolute Gasteiger partial charge is 0.352 e. The maximum absolute atomic E-state index is 13.2. The molecule has 4 atom stereocenters. The molecule has 0 spiro atoms. The Hall–Kier alpha value is -4.14. The number of thioether (sulfide) groups is 1. The van der Waals surface area contributed by atoms with Crippen LogP contribution in [0.5, 0.6) is 0 Å². The molecule has 0 aromatic carbocycles. The van der Waals surface area contributed by atoms with Gasteiger partial charge in [0.15, 0.2) is 11.2 Å². The number of carboxylic acids is 1. The predicted molar refractivity (Wildman–Crippen MR) is 147 cm³/mol. The number of hydrogen-bond donors (Lipinski definition) is 5. The zero-order chi connectivity index (χ0) is 30.1. The van der Waals surface area contributed by atoms with E-state index in [1.54, 1.807) is 21.4 Å². The number of aliphatic hydroxyl groups is 1. The number of carboxylic acid groups (broad SMARTS) is 1. The molecule has 0 radical (unpaired) electrons. The summed E-state index contributed by atoms with van der Waals surface area (Å²) >= 11 is 3.42. The van der Waals surface area contributed by atoms with Crippen LogP contribution >= 0.6 is 34.6 Å². The molecular formula is C22H23FN9O7S3+. The number of aromatic nitrogens is 4. The fraction of sp³-hybridized carbons (Fsp3) is 0.364. The molecule has 0 unspecified atom stereocenters. The van der Waals surface area contributed by atoms with Crippen LogP contribution in [0, 0.1) is 0 Å². The van der Waals surface area contributed by atoms with Gasteiger partial charge in [-0.1, -0.05) is 16.5 Å². The largest absolute Gasteiger partial charge is 0.477 e. The number of β-lactam (4-membered cyclic amide) rings is 1. The Morgan fingerprint density at radius 2 is 2.24 bits per heavy atom. The first-order valence-electron chi connectivity index (χ1n) is 12.1. The van der Waals surface area contributed by atoms with Crippen LogP contribution < -0.4 is 20.9 Å². The Kier molecular flexibility index (Phi) is 8.38. The summed E-state index contributed by atoms with van der Waals surface area (Å²) in [5.74, 6) is -2.48. The Balaban J connectivity index is 1.41. The average Bonchev–Trinajstić information content (AvgIpc) is 3.67. The van der Waals surface area contributed by atoms with Crippen LogP contribution in [0.4, 0.5) is 9.52 Å². The van der Waals surface area contributed by atoms with Crippen molar-refractivity contribution in [1.29, 1.82) is 0 Å². The molecule has 3 amide bonds. The molecule has 222 valence electrons. The molecule has 1 saturated heterocycles. The SMILES string of the molecule is C[C@H](O)[C@H](NC=O)c1n2ccsc2c[n+]1CC1=C(C(=O)O)N2C(=O)[C@@H](NC(=O)/C(=N\OCF)c3nsc(N)n3)[C@H]2SC1. The lowest BCUT2D eigenvalue weighted by molar-refractivity contribution is -0.697. The molecule has 1 fully saturated rings. The van der Waals surface area contributed by atoms with Crippen LogP contribution in [0.15, 0.2) is 34.2 Å². The Morgan fingerprint density at radius 3 is 2.88 bits per heavy atom. The van der Waals surface area contributed by atoms with Crippen LogP contribution in [0.1, 0.15) is 24.6 Å². The van der Waals surface area contributed by atoms with E-state index in [0.29, 0.717) is 17.8 Å². The molecular weight excluding hydrogens is 617 g/mol. The topological polar surface area (TPSA) is 218 Å². The van der Waals surface area contributed by atoms with E-state index >= 15 is 0 Å². The highest BCUT2D eigenvalue weighted by molar-refractivity contribution is 8.00. The fourth-order valence-corrected chi connectivity index (χ4v) is 7.24. The number of imidazole rings is 1. The Bertz CT molecular complexity index is 1620. The molecule has 16 nitrogen and oxygen atoms in total. The van der Waals surface area contributed by atoms with Crippen molar-refractivity contribution in [2.24, 2.45) is 5.16 Å². The van der Waals surface area contributed by atoms with Crippen molar-refractivity contribution < 1.29 is 43.2 Å². The van der Waals surface area contributed by atoms with Gasteiger partial charge in [0.25, 0.3) is 24.5 Å². The van der Waals surface area contributed by atoms with Gasteiger partial charge in [-0.3, -0.25) is 19.3 Å². The summed E-state index contributed by atoms with van der Waals surface area (Å²) < 4.78 is 20.0. The van der Waals surface area contributed by atoms with E-state index in [1.165, 1.54) is 30.0 Å². The number of oxime groups is 1. The molecule has 0 saturated carbocycles. The number of hydrogen-bond acceptors (Lipinski definition) is 13. The Labute approximate surface area is 247 Å². The summed E-state index contributed by atoms with van der Waals surface area (Å²) in [6.45, 7) is 0.236. The minimum Gasteiger partial charge on any atom is -0.477 e. The van der Waals surface area contributed by atoms with E-state index in [-0.39, 0.29) is 29.0 Å². The first-order valence-corrected chi connectivity index (χ1v) is 14.8. The fourth-order valence-electron chi connectivity index (χ4n) is 4.69. The lowest BCUT2D eigenvalue weighted by Crippen LogP contribution is -2.71. The lowest BCUT2D eigenvalue weighted by Gasteiger charge is -2.49. The second-order valence-corrected chi connectivity index (χ2v) is 11.8. The summed E-state index contributed by atoms with van der Waals surface area (Å²) in [4.78, 5) is 59.9. The highest BCUT2D eigenvalue weighted by Crippen LogP contribution is 2.40. The summed E-state index contributed by atoms with van der Waals surface area (Å²) in [5, 5.41) is 30.1. The first kappa shape index (κ1) is 29.4. The number of alkyl halides is 1. The van der Waals surface area contributed by atoms with Gasteiger partial charge >= 0.3 is 5.97 Å². The third kappa shape index (κ3) is 5.28. The number of nitrogen functional groups attached to an aromatic ring is 1. The second kappa shape index (κ2) is 12.0. The molecule has 5 rings (SSSR count). The van der Waals surface area contributed by atoms with Crippen molar-refractivity contribution >= 4 is 74.5 Å². The number of aliphatic hydroxyl groups excluding tert-OH is 1. The average molecular weight is 641 g/mol. The number of aliphatic carboxylic acids is 1. The molecule has 2 aliphatic heterocycles. The number of carbonyl (C=O) groups excluding carboxylic acids is 3. The number of halogens is 1. The van der Waals surface area contributed by atoms with E-state index in [2.05, 4.69) is 30.0 Å². The number of rotatable bonds is 12. The van der Waals surface area contributed by atoms with E-state index < -0.39 is 53.9 Å². The molecule has 2 aliphatic rings. The molecule has 3 aromatic rings. The van der Waals surface area contributed by atoms with Crippen LogP contribution in [0.2, 0.25) is 0 Å². The van der Waals surface area contributed by atoms with Gasteiger partial charge in [-0.25, -0.2) is 13.8 Å². The van der Waals surface area contributed by atoms with Crippen molar-refractivity contribution in [2.75, 3.05) is 18.3 Å². The third-order valence-electron chi connectivity index (χ3n) is 6.42. The summed E-state index contributed by atoms with van der Waals surface area (Å²) in [6.07, 6.45) is 3.04. The number of amides is 3. The van der Waals surface area contributed by atoms with Crippen molar-refractivity contribution in [3.05, 3.63) is 40.7 Å². The molecule has 42 heavy (non-hydrogen) atoms. The van der Waals surface area contributed by atoms with Crippen molar-refractivity contribution in [3.8, 4) is 0 Å². The van der Waals surface area contributed by atoms with E-state index in [0.717, 1.165) is 21.3 Å². The van der Waals surface area contributed by atoms with Crippen LogP contribution in [-0.4, -0.2) is 88.9 Å². The molecule has 0 bridgehead atoms. The highest BCUT2D eigenvalue weighted by atomic mass is 32.2. The maximum atomic E-state index is 13.2. The molecule has 20 heteroatoms. The van der Waals surface area contributed by atoms with Crippen LogP contribution in [0.25, 0.3) is 4.83 Å². The summed E-state index contributed by atoms with van der Waals surface area (Å²) in [5.41, 5.74) is 5.23. The second-order valence-electron chi connectivity index (χ2n) is 8.98. The number of nitrogens with one attached hydrogen (secondary N) is 2. The van der Waals surface area contributed by atoms with Crippen LogP contribution in [0.3, 0.4) is 0 Å². The maximum Gasteiger partial charge on any atom is 0.352 e.